The normalized spacial score (nSPS) is 0. The predicted molar refractivity (Wildman–Crippen MR) is 4.68 cm³/mol. The van der Waals surface area contributed by atoms with Gasteiger partial charge in [0.2, 0.25) is 0 Å². The van der Waals surface area contributed by atoms with Crippen LogP contribution in [0.25, 0.3) is 0 Å². The topological polar surface area (TPSA) is 144 Å². The molecule has 0 unspecified atom stereocenters. The van der Waals surface area contributed by atoms with E-state index in [1.807, 2.05) is 0 Å². The van der Waals surface area contributed by atoms with Crippen LogP contribution in [0.5, 0.6) is 0 Å². The van der Waals surface area contributed by atoms with E-state index in [4.69, 9.17) is 0 Å². The van der Waals surface area contributed by atoms with Crippen LogP contribution in [0.1, 0.15) is 0 Å². The van der Waals surface area contributed by atoms with E-state index in [1.54, 1.807) is 0 Å². The van der Waals surface area contributed by atoms with Crippen LogP contribution in [-0.4, -0.2) is 5.48 Å². The summed E-state index contributed by atoms with van der Waals surface area (Å²) in [6.07, 6.45) is 0. The summed E-state index contributed by atoms with van der Waals surface area (Å²) in [6, 6.07) is 0. The molecule has 0 aliphatic heterocycles. The first-order valence-electron chi connectivity index (χ1n) is 0. The smallest absolute Gasteiger partial charge is 2.00 e. The largest absolute Gasteiger partial charge is 4.00 e. The Morgan fingerprint density at radius 2 is 0.571 bits per heavy atom. The van der Waals surface area contributed by atoms with Gasteiger partial charge in [0.25, 0.3) is 0 Å². The Kier molecular flexibility index (Phi) is 11400. The molecule has 7 heavy (non-hydrogen) atoms. The Labute approximate surface area is 67.2 Å². The minimum atomic E-state index is 0. The molecule has 0 aromatic heterocycles. The summed E-state index contributed by atoms with van der Waals surface area (Å²) in [7, 11) is 0. The van der Waals surface area contributed by atoms with Crippen LogP contribution in [-0.2, 0) is 61.5 Å². The van der Waals surface area contributed by atoms with Crippen LogP contribution >= 0.6 is 0 Å². The van der Waals surface area contributed by atoms with Gasteiger partial charge in [-0.15, -0.1) is 0 Å². The van der Waals surface area contributed by atoms with Gasteiger partial charge >= 0.3 is 21.1 Å². The molecule has 1 N–H and O–H groups in total. The van der Waals surface area contributed by atoms with Crippen LogP contribution in [0.4, 0.5) is 0 Å². The fourth-order valence-corrected chi connectivity index (χ4v) is 0. The van der Waals surface area contributed by atoms with E-state index in [2.05, 4.69) is 0 Å². The van der Waals surface area contributed by atoms with E-state index in [0.29, 0.717) is 0 Å². The molecule has 0 aromatic carbocycles. The van der Waals surface area contributed by atoms with Crippen molar-refractivity contribution >= 4 is 0 Å². The molecular formula is HMoO5V-5. The SMILES string of the molecule is [Mo+4].[O-2].[O-2].[O-2].[O-2].[OH-].[V]. The molecule has 0 amide bonds. The number of rotatable bonds is 0. The molecule has 0 atom stereocenters. The van der Waals surface area contributed by atoms with Crippen LogP contribution in [0.2, 0.25) is 0 Å². The van der Waals surface area contributed by atoms with Crippen molar-refractivity contribution in [2.75, 3.05) is 0 Å². The minimum absolute atomic E-state index is 0. The van der Waals surface area contributed by atoms with Crippen molar-refractivity contribution in [3.8, 4) is 0 Å². The second-order valence-electron chi connectivity index (χ2n) is 0. The standard InChI is InChI=1S/Mo.H2O.4O.V/h;1H2;;;;;/q+4;;4*-2;/p-1. The van der Waals surface area contributed by atoms with Crippen molar-refractivity contribution in [3.63, 3.8) is 0 Å². The molecule has 0 heterocycles. The molecule has 0 bridgehead atoms. The molecule has 7 heteroatoms. The molecule has 0 aliphatic rings. The van der Waals surface area contributed by atoms with E-state index < -0.39 is 0 Å². The van der Waals surface area contributed by atoms with Gasteiger partial charge in [0.15, 0.2) is 0 Å². The van der Waals surface area contributed by atoms with Crippen LogP contribution in [0.15, 0.2) is 0 Å². The third kappa shape index (κ3) is 158. The Hall–Kier alpha value is 1.07. The van der Waals surface area contributed by atoms with Gasteiger partial charge in [-0.3, -0.25) is 0 Å². The summed E-state index contributed by atoms with van der Waals surface area (Å²) < 4.78 is 0. The zero-order valence-electron chi connectivity index (χ0n) is 2.94. The maximum atomic E-state index is 0. The fraction of sp³-hybridized carbons (Fsp3) is 0. The third-order valence-electron chi connectivity index (χ3n) is 0. The monoisotopic (exact) mass is 230 g/mol. The second kappa shape index (κ2) is 227. The summed E-state index contributed by atoms with van der Waals surface area (Å²) in [5, 5.41) is 0. The van der Waals surface area contributed by atoms with Gasteiger partial charge in [-0.1, -0.05) is 0 Å². The molecule has 0 rings (SSSR count). The van der Waals surface area contributed by atoms with E-state index >= 15 is 0 Å². The summed E-state index contributed by atoms with van der Waals surface area (Å²) in [5.74, 6) is 0. The Bertz CT molecular complexity index is 8.04. The van der Waals surface area contributed by atoms with E-state index in [1.165, 1.54) is 0 Å². The minimum Gasteiger partial charge on any atom is -2.00 e. The molecular weight excluding hydrogens is 227 g/mol. The van der Waals surface area contributed by atoms with Crippen molar-refractivity contribution in [3.05, 3.63) is 0 Å². The maximum Gasteiger partial charge on any atom is 4.00 e. The Morgan fingerprint density at radius 1 is 0.571 bits per heavy atom. The summed E-state index contributed by atoms with van der Waals surface area (Å²) >= 11 is 0. The first-order chi connectivity index (χ1) is 0. The maximum absolute atomic E-state index is 0. The average molecular weight is 228 g/mol. The van der Waals surface area contributed by atoms with Crippen LogP contribution < -0.4 is 0 Å². The van der Waals surface area contributed by atoms with Crippen LogP contribution in [0, 0.1) is 0 Å². The van der Waals surface area contributed by atoms with Crippen molar-refractivity contribution in [2.24, 2.45) is 0 Å². The molecule has 0 aromatic rings. The third-order valence-corrected chi connectivity index (χ3v) is 0. The summed E-state index contributed by atoms with van der Waals surface area (Å²) in [5.41, 5.74) is 0. The summed E-state index contributed by atoms with van der Waals surface area (Å²) in [4.78, 5) is 0. The van der Waals surface area contributed by atoms with Gasteiger partial charge in [0, 0.05) is 18.6 Å². The fourth-order valence-electron chi connectivity index (χ4n) is 0. The van der Waals surface area contributed by atoms with Gasteiger partial charge in [0.05, 0.1) is 0 Å². The first kappa shape index (κ1) is 351. The molecule has 0 fully saturated rings. The molecule has 0 saturated carbocycles. The summed E-state index contributed by atoms with van der Waals surface area (Å²) in [6.45, 7) is 0. The average Bonchev–Trinajstić information content (AvgIpc) is 0. The van der Waals surface area contributed by atoms with Crippen molar-refractivity contribution < 1.29 is 67.0 Å². The zero-order chi connectivity index (χ0) is 0. The van der Waals surface area contributed by atoms with Gasteiger partial charge in [-0.25, -0.2) is 0 Å². The Balaban J connectivity index is 0. The Morgan fingerprint density at radius 3 is 0.571 bits per heavy atom. The molecule has 0 aliphatic carbocycles. The molecule has 47 valence electrons. The molecule has 5 nitrogen and oxygen atoms in total. The second-order valence-corrected chi connectivity index (χ2v) is 0. The van der Waals surface area contributed by atoms with E-state index in [9.17, 15) is 0 Å². The van der Waals surface area contributed by atoms with Crippen molar-refractivity contribution in [2.45, 2.75) is 0 Å². The molecule has 1 radical (unpaired) electrons. The quantitative estimate of drug-likeness (QED) is 0.498. The van der Waals surface area contributed by atoms with Gasteiger partial charge in [-0.2, -0.15) is 0 Å². The van der Waals surface area contributed by atoms with Crippen LogP contribution in [0.3, 0.4) is 0 Å². The molecule has 0 saturated heterocycles. The predicted octanol–water partition coefficient (Wildman–Crippen LogP) is -0.657. The first-order valence-corrected chi connectivity index (χ1v) is 0. The van der Waals surface area contributed by atoms with E-state index in [0.717, 1.165) is 0 Å². The number of hydrogen-bond donors (Lipinski definition) is 0. The van der Waals surface area contributed by atoms with Gasteiger partial charge in [0.1, 0.15) is 0 Å². The van der Waals surface area contributed by atoms with Crippen molar-refractivity contribution in [1.82, 2.24) is 0 Å². The molecule has 0 spiro atoms. The van der Waals surface area contributed by atoms with E-state index in [-0.39, 0.29) is 67.0 Å². The van der Waals surface area contributed by atoms with Crippen molar-refractivity contribution in [1.29, 1.82) is 0 Å². The van der Waals surface area contributed by atoms with Gasteiger partial charge < -0.3 is 27.4 Å². The zero-order valence-corrected chi connectivity index (χ0v) is 6.34. The van der Waals surface area contributed by atoms with Gasteiger partial charge in [-0.05, 0) is 0 Å². The number of hydrogen-bond acceptors (Lipinski definition) is 1.